The molecule has 0 radical (unpaired) electrons. The molecule has 21 heavy (non-hydrogen) atoms. The van der Waals surface area contributed by atoms with Crippen LogP contribution in [0.25, 0.3) is 0 Å². The van der Waals surface area contributed by atoms with Crippen molar-refractivity contribution in [3.63, 3.8) is 0 Å². The summed E-state index contributed by atoms with van der Waals surface area (Å²) in [5, 5.41) is 0. The minimum absolute atomic E-state index is 0.282. The van der Waals surface area contributed by atoms with Crippen LogP contribution < -0.4 is 10.5 Å². The van der Waals surface area contributed by atoms with E-state index in [1.807, 2.05) is 0 Å². The minimum Gasteiger partial charge on any atom is -0.494 e. The largest absolute Gasteiger partial charge is 0.494 e. The van der Waals surface area contributed by atoms with Crippen LogP contribution in [-0.2, 0) is 6.42 Å². The van der Waals surface area contributed by atoms with Gasteiger partial charge in [-0.05, 0) is 18.1 Å². The number of benzene rings is 1. The summed E-state index contributed by atoms with van der Waals surface area (Å²) >= 11 is 0. The average Bonchev–Trinajstić information content (AvgIpc) is 2.27. The topological polar surface area (TPSA) is 35.2 Å². The molecule has 0 aliphatic heterocycles. The average molecular weight is 319 g/mol. The van der Waals surface area contributed by atoms with Crippen LogP contribution in [0.5, 0.6) is 5.75 Å². The van der Waals surface area contributed by atoms with Crippen molar-refractivity contribution in [1.29, 1.82) is 0 Å². The first-order chi connectivity index (χ1) is 9.48. The Hall–Kier alpha value is -1.51. The highest BCUT2D eigenvalue weighted by molar-refractivity contribution is 5.31. The van der Waals surface area contributed by atoms with Gasteiger partial charge in [-0.25, -0.2) is 4.39 Å². The lowest BCUT2D eigenvalue weighted by Crippen LogP contribution is -2.49. The van der Waals surface area contributed by atoms with Gasteiger partial charge < -0.3 is 10.5 Å². The molecule has 1 aromatic carbocycles. The van der Waals surface area contributed by atoms with Gasteiger partial charge in [0.25, 0.3) is 0 Å². The van der Waals surface area contributed by atoms with E-state index in [1.165, 1.54) is 12.1 Å². The van der Waals surface area contributed by atoms with E-state index < -0.39 is 36.6 Å². The number of hydrogen-bond acceptors (Lipinski definition) is 2. The van der Waals surface area contributed by atoms with Gasteiger partial charge in [-0.1, -0.05) is 12.1 Å². The van der Waals surface area contributed by atoms with E-state index in [-0.39, 0.29) is 11.3 Å². The Balaban J connectivity index is 3.06. The lowest BCUT2D eigenvalue weighted by atomic mass is 9.92. The quantitative estimate of drug-likeness (QED) is 0.863. The predicted molar refractivity (Wildman–Crippen MR) is 60.2 cm³/mol. The highest BCUT2D eigenvalue weighted by Gasteiger charge is 2.59. The second-order valence-electron chi connectivity index (χ2n) is 4.36. The first kappa shape index (κ1) is 17.5. The molecule has 0 bridgehead atoms. The van der Waals surface area contributed by atoms with Crippen LogP contribution in [0.4, 0.5) is 30.7 Å². The van der Waals surface area contributed by atoms with Gasteiger partial charge in [-0.15, -0.1) is 0 Å². The van der Waals surface area contributed by atoms with Crippen LogP contribution in [-0.4, -0.2) is 25.5 Å². The molecule has 0 saturated carbocycles. The fraction of sp³-hybridized carbons (Fsp3) is 0.500. The normalized spacial score (nSPS) is 14.4. The summed E-state index contributed by atoms with van der Waals surface area (Å²) in [5.74, 6) is -5.04. The van der Waals surface area contributed by atoms with Gasteiger partial charge in [0.15, 0.2) is 17.5 Å². The Labute approximate surface area is 115 Å². The number of nitrogens with two attached hydrogens (primary N) is 1. The predicted octanol–water partition coefficient (Wildman–Crippen LogP) is 3.44. The van der Waals surface area contributed by atoms with Crippen molar-refractivity contribution in [2.24, 2.45) is 11.7 Å². The van der Waals surface area contributed by atoms with Gasteiger partial charge in [-0.2, -0.15) is 26.3 Å². The molecule has 2 N–H and O–H groups in total. The highest BCUT2D eigenvalue weighted by atomic mass is 19.4. The third-order valence-electron chi connectivity index (χ3n) is 2.85. The molecule has 0 spiro atoms. The zero-order valence-electron chi connectivity index (χ0n) is 10.7. The first-order valence-electron chi connectivity index (χ1n) is 5.69. The maximum absolute atomic E-state index is 13.7. The van der Waals surface area contributed by atoms with Gasteiger partial charge in [0, 0.05) is 6.04 Å². The van der Waals surface area contributed by atoms with Crippen molar-refractivity contribution in [2.75, 3.05) is 7.11 Å². The number of hydrogen-bond donors (Lipinski definition) is 1. The molecule has 9 heteroatoms. The summed E-state index contributed by atoms with van der Waals surface area (Å²) in [6.45, 7) is 0. The summed E-state index contributed by atoms with van der Waals surface area (Å²) in [6.07, 6.45) is -12.0. The van der Waals surface area contributed by atoms with Gasteiger partial charge in [-0.3, -0.25) is 0 Å². The Kier molecular flexibility index (Phi) is 5.08. The van der Waals surface area contributed by atoms with Gasteiger partial charge in [0.05, 0.1) is 7.11 Å². The maximum Gasteiger partial charge on any atom is 0.402 e. The lowest BCUT2D eigenvalue weighted by Gasteiger charge is -2.28. The van der Waals surface area contributed by atoms with Crippen LogP contribution in [0, 0.1) is 11.7 Å². The second kappa shape index (κ2) is 6.08. The SMILES string of the molecule is COc1cccc(CC(N)C(C(F)(F)F)C(F)(F)F)c1F. The van der Waals surface area contributed by atoms with Gasteiger partial charge in [0.1, 0.15) is 0 Å². The molecular weight excluding hydrogens is 307 g/mol. The Morgan fingerprint density at radius 1 is 1.10 bits per heavy atom. The minimum atomic E-state index is -5.56. The van der Waals surface area contributed by atoms with E-state index in [0.717, 1.165) is 13.2 Å². The van der Waals surface area contributed by atoms with E-state index in [9.17, 15) is 30.7 Å². The monoisotopic (exact) mass is 319 g/mol. The van der Waals surface area contributed by atoms with E-state index in [4.69, 9.17) is 5.73 Å². The molecule has 0 amide bonds. The number of rotatable bonds is 4. The Morgan fingerprint density at radius 3 is 2.05 bits per heavy atom. The third kappa shape index (κ3) is 4.23. The molecule has 1 atom stereocenters. The van der Waals surface area contributed by atoms with Crippen molar-refractivity contribution in [3.05, 3.63) is 29.6 Å². The van der Waals surface area contributed by atoms with Crippen molar-refractivity contribution in [2.45, 2.75) is 24.8 Å². The van der Waals surface area contributed by atoms with Crippen LogP contribution >= 0.6 is 0 Å². The number of methoxy groups -OCH3 is 1. The molecule has 0 aliphatic carbocycles. The maximum atomic E-state index is 13.7. The molecule has 0 heterocycles. The highest BCUT2D eigenvalue weighted by Crippen LogP contribution is 2.41. The second-order valence-corrected chi connectivity index (χ2v) is 4.36. The Bertz CT molecular complexity index is 469. The van der Waals surface area contributed by atoms with Crippen molar-refractivity contribution in [3.8, 4) is 5.75 Å². The molecule has 1 aromatic rings. The van der Waals surface area contributed by atoms with Crippen LogP contribution in [0.15, 0.2) is 18.2 Å². The third-order valence-corrected chi connectivity index (χ3v) is 2.85. The van der Waals surface area contributed by atoms with Crippen molar-refractivity contribution in [1.82, 2.24) is 0 Å². The molecule has 1 rings (SSSR count). The molecule has 2 nitrogen and oxygen atoms in total. The smallest absolute Gasteiger partial charge is 0.402 e. The lowest BCUT2D eigenvalue weighted by molar-refractivity contribution is -0.289. The molecule has 0 fully saturated rings. The summed E-state index contributed by atoms with van der Waals surface area (Å²) in [7, 11) is 1.12. The van der Waals surface area contributed by atoms with E-state index in [2.05, 4.69) is 4.74 Å². The zero-order chi connectivity index (χ0) is 16.4. The molecular formula is C12H12F7NO. The molecule has 120 valence electrons. The standard InChI is InChI=1S/C12H12F7NO/c1-21-8-4-2-3-6(9(8)13)5-7(20)10(11(14,15)16)12(17,18)19/h2-4,7,10H,5,20H2,1H3. The van der Waals surface area contributed by atoms with Crippen molar-refractivity contribution < 1.29 is 35.5 Å². The molecule has 0 aliphatic rings. The van der Waals surface area contributed by atoms with E-state index in [1.54, 1.807) is 0 Å². The van der Waals surface area contributed by atoms with E-state index >= 15 is 0 Å². The van der Waals surface area contributed by atoms with Crippen molar-refractivity contribution >= 4 is 0 Å². The van der Waals surface area contributed by atoms with Crippen LogP contribution in [0.1, 0.15) is 5.56 Å². The summed E-state index contributed by atoms with van der Waals surface area (Å²) in [5.41, 5.74) is 4.66. The van der Waals surface area contributed by atoms with E-state index in [0.29, 0.717) is 0 Å². The zero-order valence-corrected chi connectivity index (χ0v) is 10.7. The number of halogens is 7. The molecule has 0 aromatic heterocycles. The van der Waals surface area contributed by atoms with Gasteiger partial charge in [0.2, 0.25) is 0 Å². The Morgan fingerprint density at radius 2 is 1.62 bits per heavy atom. The molecule has 0 saturated heterocycles. The fourth-order valence-corrected chi connectivity index (χ4v) is 1.91. The van der Waals surface area contributed by atoms with Gasteiger partial charge >= 0.3 is 12.4 Å². The fourth-order valence-electron chi connectivity index (χ4n) is 1.91. The first-order valence-corrected chi connectivity index (χ1v) is 5.69. The summed E-state index contributed by atoms with van der Waals surface area (Å²) in [4.78, 5) is 0. The van der Waals surface area contributed by atoms with Crippen LogP contribution in [0.2, 0.25) is 0 Å². The molecule has 1 unspecified atom stereocenters. The number of alkyl halides is 6. The summed E-state index contributed by atoms with van der Waals surface area (Å²) in [6, 6.07) is 1.14. The summed E-state index contributed by atoms with van der Waals surface area (Å²) < 4.78 is 93.3. The number of ether oxygens (including phenoxy) is 1. The van der Waals surface area contributed by atoms with Crippen LogP contribution in [0.3, 0.4) is 0 Å².